The highest BCUT2D eigenvalue weighted by atomic mass is 32.2. The van der Waals surface area contributed by atoms with Gasteiger partial charge in [0.25, 0.3) is 16.0 Å². The Hall–Kier alpha value is -3.46. The molecule has 2 atom stereocenters. The van der Waals surface area contributed by atoms with Crippen LogP contribution in [0.1, 0.15) is 65.8 Å². The largest absolute Gasteiger partial charge is 0.487 e. The van der Waals surface area contributed by atoms with E-state index in [4.69, 9.17) is 14.0 Å². The molecule has 2 aromatic carbocycles. The van der Waals surface area contributed by atoms with Crippen molar-refractivity contribution < 1.29 is 36.0 Å². The molecule has 1 saturated heterocycles. The van der Waals surface area contributed by atoms with Gasteiger partial charge in [-0.1, -0.05) is 50.5 Å². The van der Waals surface area contributed by atoms with Crippen LogP contribution in [-0.4, -0.2) is 67.2 Å². The summed E-state index contributed by atoms with van der Waals surface area (Å²) in [6.45, 7) is 3.34. The molecule has 0 saturated carbocycles. The van der Waals surface area contributed by atoms with Crippen LogP contribution in [0.3, 0.4) is 0 Å². The van der Waals surface area contributed by atoms with Gasteiger partial charge in [0.1, 0.15) is 6.17 Å². The van der Waals surface area contributed by atoms with E-state index >= 15 is 4.39 Å². The molecule has 1 fully saturated rings. The molecule has 1 N–H and O–H groups in total. The summed E-state index contributed by atoms with van der Waals surface area (Å²) in [5, 5.41) is 1.96. The monoisotopic (exact) mass is 663 g/mol. The van der Waals surface area contributed by atoms with E-state index in [1.54, 1.807) is 21.8 Å². The zero-order valence-electron chi connectivity index (χ0n) is 24.9. The number of hydrogen-bond donors (Lipinski definition) is 1. The molecule has 10 nitrogen and oxygen atoms in total. The van der Waals surface area contributed by atoms with Crippen LogP contribution in [0, 0.1) is 11.6 Å². The fourth-order valence-corrected chi connectivity index (χ4v) is 6.93. The highest BCUT2D eigenvalue weighted by molar-refractivity contribution is 7.98. The summed E-state index contributed by atoms with van der Waals surface area (Å²) in [6, 6.07) is 11.3. The van der Waals surface area contributed by atoms with Crippen LogP contribution in [0.2, 0.25) is 0 Å². The smallest absolute Gasteiger partial charge is 0.278 e. The summed E-state index contributed by atoms with van der Waals surface area (Å²) in [5.41, 5.74) is 1.54. The van der Waals surface area contributed by atoms with Gasteiger partial charge >= 0.3 is 0 Å². The van der Waals surface area contributed by atoms with E-state index < -0.39 is 34.0 Å². The van der Waals surface area contributed by atoms with Gasteiger partial charge in [0.2, 0.25) is 5.43 Å². The number of aromatic nitrogens is 1. The van der Waals surface area contributed by atoms with Crippen LogP contribution in [0.4, 0.5) is 8.78 Å². The third-order valence-electron chi connectivity index (χ3n) is 7.78. The van der Waals surface area contributed by atoms with Crippen molar-refractivity contribution in [2.75, 3.05) is 37.6 Å². The predicted molar refractivity (Wildman–Crippen MR) is 166 cm³/mol. The number of carbonyl (C=O) groups is 1. The zero-order chi connectivity index (χ0) is 32.3. The molecule has 1 aromatic heterocycles. The van der Waals surface area contributed by atoms with E-state index in [0.29, 0.717) is 31.6 Å². The molecule has 0 bridgehead atoms. The lowest BCUT2D eigenvalue weighted by molar-refractivity contribution is -0.0198. The average molecular weight is 664 g/mol. The number of nitrogens with zero attached hydrogens (tertiary/aromatic N) is 3. The molecule has 242 valence electrons. The van der Waals surface area contributed by atoms with Gasteiger partial charge in [0, 0.05) is 35.0 Å². The zero-order valence-corrected chi connectivity index (χ0v) is 26.6. The van der Waals surface area contributed by atoms with Gasteiger partial charge < -0.3 is 14.4 Å². The number of amides is 1. The first kappa shape index (κ1) is 32.9. The molecule has 1 amide bonds. The molecule has 0 aliphatic carbocycles. The average Bonchev–Trinajstić information content (AvgIpc) is 3.17. The summed E-state index contributed by atoms with van der Waals surface area (Å²) in [7, 11) is -3.67. The molecular weight excluding hydrogens is 628 g/mol. The first-order valence-corrected chi connectivity index (χ1v) is 17.5. The Morgan fingerprint density at radius 1 is 1.07 bits per heavy atom. The summed E-state index contributed by atoms with van der Waals surface area (Å²) in [6.07, 6.45) is 5.61. The number of carbonyl (C=O) groups excluding carboxylic acids is 1. The normalized spacial score (nSPS) is 18.9. The molecule has 4 heterocycles. The third kappa shape index (κ3) is 7.03. The number of halogens is 2. The van der Waals surface area contributed by atoms with Crippen molar-refractivity contribution in [3.8, 4) is 5.75 Å². The topological polar surface area (TPSA) is 118 Å². The second-order valence-electron chi connectivity index (χ2n) is 10.9. The molecule has 0 radical (unpaired) electrons. The second-order valence-corrected chi connectivity index (χ2v) is 13.4. The molecule has 14 heteroatoms. The molecule has 6 rings (SSSR count). The van der Waals surface area contributed by atoms with Gasteiger partial charge in [-0.15, -0.1) is 11.8 Å². The van der Waals surface area contributed by atoms with Gasteiger partial charge in [0.15, 0.2) is 23.1 Å². The molecular formula is C31H35F2N3O7S2. The summed E-state index contributed by atoms with van der Waals surface area (Å²) in [4.78, 5) is 29.6. The number of rotatable bonds is 7. The SMILES string of the molecule is CCCCCCOc1c2n(ccc1=O)N([C@H]1c3ccccc3SCc3c1ccc(F)c3F)[C@@H]1COCCN1C2=O.CS(=O)(=O)O. The Kier molecular flexibility index (Phi) is 10.2. The highest BCUT2D eigenvalue weighted by Gasteiger charge is 2.46. The lowest BCUT2D eigenvalue weighted by Gasteiger charge is -2.51. The lowest BCUT2D eigenvalue weighted by atomic mass is 9.93. The van der Waals surface area contributed by atoms with E-state index in [9.17, 15) is 22.4 Å². The Balaban J connectivity index is 0.000000743. The van der Waals surface area contributed by atoms with Crippen LogP contribution >= 0.6 is 11.8 Å². The predicted octanol–water partition coefficient (Wildman–Crippen LogP) is 4.74. The van der Waals surface area contributed by atoms with E-state index in [0.717, 1.165) is 42.2 Å². The van der Waals surface area contributed by atoms with Gasteiger partial charge in [-0.25, -0.2) is 8.78 Å². The number of morpholine rings is 1. The fourth-order valence-electron chi connectivity index (χ4n) is 5.81. The van der Waals surface area contributed by atoms with Gasteiger partial charge in [-0.2, -0.15) is 8.42 Å². The molecule has 0 unspecified atom stereocenters. The van der Waals surface area contributed by atoms with Crippen LogP contribution < -0.4 is 15.2 Å². The minimum absolute atomic E-state index is 0.0146. The van der Waals surface area contributed by atoms with Crippen LogP contribution in [0.25, 0.3) is 0 Å². The molecule has 45 heavy (non-hydrogen) atoms. The fraction of sp³-hybridized carbons (Fsp3) is 0.419. The van der Waals surface area contributed by atoms with Crippen molar-refractivity contribution in [1.29, 1.82) is 0 Å². The molecule has 3 aliphatic heterocycles. The van der Waals surface area contributed by atoms with E-state index in [1.165, 1.54) is 17.8 Å². The Labute approximate surface area is 264 Å². The molecule has 3 aliphatic rings. The maximum atomic E-state index is 15.3. The quantitative estimate of drug-likeness (QED) is 0.283. The van der Waals surface area contributed by atoms with E-state index in [-0.39, 0.29) is 40.7 Å². The second kappa shape index (κ2) is 13.9. The van der Waals surface area contributed by atoms with Crippen molar-refractivity contribution in [2.24, 2.45) is 0 Å². The van der Waals surface area contributed by atoms with Gasteiger partial charge in [-0.3, -0.25) is 23.8 Å². The maximum absolute atomic E-state index is 15.3. The molecule has 0 spiro atoms. The van der Waals surface area contributed by atoms with Crippen LogP contribution in [-0.2, 0) is 20.6 Å². The summed E-state index contributed by atoms with van der Waals surface area (Å²) >= 11 is 1.45. The molecule has 3 aromatic rings. The van der Waals surface area contributed by atoms with Crippen molar-refractivity contribution in [3.05, 3.63) is 92.9 Å². The van der Waals surface area contributed by atoms with Crippen LogP contribution in [0.15, 0.2) is 58.4 Å². The number of thioether (sulfide) groups is 1. The number of fused-ring (bicyclic) bond motifs is 4. The van der Waals surface area contributed by atoms with Gasteiger partial charge in [0.05, 0.1) is 32.1 Å². The minimum atomic E-state index is -3.67. The first-order valence-electron chi connectivity index (χ1n) is 14.7. The van der Waals surface area contributed by atoms with Crippen molar-refractivity contribution >= 4 is 27.8 Å². The Morgan fingerprint density at radius 3 is 2.58 bits per heavy atom. The van der Waals surface area contributed by atoms with Crippen molar-refractivity contribution in [2.45, 2.75) is 55.5 Å². The standard InChI is InChI=1S/C30H31F2N3O4S.CH4O3S/c1-2-3-4-7-15-39-29-23(36)12-13-34-28(29)30(37)33-14-16-38-17-25(33)35(34)27-19-10-11-22(31)26(32)21(19)18-40-24-9-6-5-8-20(24)27;1-5(2,3)4/h5-6,8-13,25,27H,2-4,7,14-18H2,1H3;1H3,(H,2,3,4)/t25-,27-;/m1./s1. The summed E-state index contributed by atoms with van der Waals surface area (Å²) < 4.78 is 69.2. The van der Waals surface area contributed by atoms with Crippen molar-refractivity contribution in [3.63, 3.8) is 0 Å². The number of unbranched alkanes of at least 4 members (excludes halogenated alkanes) is 3. The van der Waals surface area contributed by atoms with E-state index in [2.05, 4.69) is 6.92 Å². The highest BCUT2D eigenvalue weighted by Crippen LogP contribution is 2.45. The maximum Gasteiger partial charge on any atom is 0.278 e. The number of hydrogen-bond acceptors (Lipinski definition) is 8. The summed E-state index contributed by atoms with van der Waals surface area (Å²) in [5.74, 6) is -1.81. The minimum Gasteiger partial charge on any atom is -0.487 e. The van der Waals surface area contributed by atoms with Crippen molar-refractivity contribution in [1.82, 2.24) is 9.58 Å². The van der Waals surface area contributed by atoms with Gasteiger partial charge in [-0.05, 0) is 29.7 Å². The number of ether oxygens (including phenoxy) is 2. The number of benzene rings is 2. The first-order chi connectivity index (χ1) is 21.5. The van der Waals surface area contributed by atoms with E-state index in [1.807, 2.05) is 29.3 Å². The Bertz CT molecular complexity index is 1730. The number of pyridine rings is 1. The Morgan fingerprint density at radius 2 is 1.82 bits per heavy atom. The van der Waals surface area contributed by atoms with Crippen LogP contribution in [0.5, 0.6) is 5.75 Å². The lowest BCUT2D eigenvalue weighted by Crippen LogP contribution is -2.66. The third-order valence-corrected chi connectivity index (χ3v) is 8.89.